The van der Waals surface area contributed by atoms with Gasteiger partial charge in [-0.15, -0.1) is 0 Å². The molecule has 140 valence electrons. The Morgan fingerprint density at radius 1 is 1.36 bits per heavy atom. The van der Waals surface area contributed by atoms with E-state index in [1.54, 1.807) is 21.0 Å². The number of hydrogen-bond donors (Lipinski definition) is 1. The number of halogens is 3. The largest absolute Gasteiger partial charge is 0.496 e. The second-order valence-electron chi connectivity index (χ2n) is 7.09. The van der Waals surface area contributed by atoms with Crippen molar-refractivity contribution in [1.29, 1.82) is 0 Å². The van der Waals surface area contributed by atoms with Crippen molar-refractivity contribution in [2.45, 2.75) is 32.9 Å². The first-order valence-electron chi connectivity index (χ1n) is 8.36. The van der Waals surface area contributed by atoms with Gasteiger partial charge in [0.1, 0.15) is 5.75 Å². The highest BCUT2D eigenvalue weighted by Gasteiger charge is 2.51. The fraction of sp³-hybridized carbons (Fsp3) is 0.611. The maximum Gasteiger partial charge on any atom is 0.392 e. The average molecular weight is 358 g/mol. The van der Waals surface area contributed by atoms with Crippen LogP contribution in [0.4, 0.5) is 18.0 Å². The Hall–Kier alpha value is -1.92. The fourth-order valence-electron chi connectivity index (χ4n) is 3.46. The average Bonchev–Trinajstić information content (AvgIpc) is 2.52. The first kappa shape index (κ1) is 19.4. The van der Waals surface area contributed by atoms with E-state index in [4.69, 9.17) is 4.74 Å². The predicted octanol–water partition coefficient (Wildman–Crippen LogP) is 3.86. The highest BCUT2D eigenvalue weighted by Crippen LogP contribution is 2.44. The van der Waals surface area contributed by atoms with Crippen LogP contribution < -0.4 is 10.1 Å². The molecule has 25 heavy (non-hydrogen) atoms. The van der Waals surface area contributed by atoms with Gasteiger partial charge >= 0.3 is 12.2 Å². The summed E-state index contributed by atoms with van der Waals surface area (Å²) in [7, 11) is 1.59. The van der Waals surface area contributed by atoms with Gasteiger partial charge in [0.2, 0.25) is 0 Å². The van der Waals surface area contributed by atoms with Gasteiger partial charge in [-0.25, -0.2) is 4.79 Å². The van der Waals surface area contributed by atoms with Crippen LogP contribution in [0.5, 0.6) is 5.75 Å². The van der Waals surface area contributed by atoms with E-state index in [-0.39, 0.29) is 25.5 Å². The highest BCUT2D eigenvalue weighted by molar-refractivity contribution is 5.74. The lowest BCUT2D eigenvalue weighted by Crippen LogP contribution is -2.54. The van der Waals surface area contributed by atoms with Crippen molar-refractivity contribution >= 4 is 6.03 Å². The van der Waals surface area contributed by atoms with E-state index in [1.165, 1.54) is 4.90 Å². The second-order valence-corrected chi connectivity index (χ2v) is 7.09. The highest BCUT2D eigenvalue weighted by atomic mass is 19.4. The summed E-state index contributed by atoms with van der Waals surface area (Å²) >= 11 is 0. The number of likely N-dealkylation sites (tertiary alicyclic amines) is 1. The van der Waals surface area contributed by atoms with Crippen molar-refractivity contribution < 1.29 is 22.7 Å². The number of hydrogen-bond acceptors (Lipinski definition) is 2. The molecule has 2 amide bonds. The number of para-hydroxylation sites is 1. The first-order valence-corrected chi connectivity index (χ1v) is 8.36. The number of amides is 2. The molecule has 0 aliphatic carbocycles. The zero-order valence-corrected chi connectivity index (χ0v) is 14.8. The molecule has 1 aliphatic heterocycles. The van der Waals surface area contributed by atoms with E-state index < -0.39 is 17.5 Å². The monoisotopic (exact) mass is 358 g/mol. The number of carbonyl (C=O) groups excluding carboxylic acids is 1. The Balaban J connectivity index is 1.88. The Kier molecular flexibility index (Phi) is 5.85. The molecule has 1 atom stereocenters. The minimum Gasteiger partial charge on any atom is -0.496 e. The minimum atomic E-state index is -4.23. The molecule has 4 nitrogen and oxygen atoms in total. The SMILES string of the molecule is COc1ccccc1CCNC(=O)N1CC[C@@H](C(F)(F)F)C(C)(C)C1. The summed E-state index contributed by atoms with van der Waals surface area (Å²) in [6.07, 6.45) is -3.69. The molecule has 1 aromatic carbocycles. The van der Waals surface area contributed by atoms with Crippen molar-refractivity contribution in [3.05, 3.63) is 29.8 Å². The van der Waals surface area contributed by atoms with Crippen molar-refractivity contribution in [3.8, 4) is 5.75 Å². The molecule has 1 aromatic rings. The van der Waals surface area contributed by atoms with Gasteiger partial charge in [-0.1, -0.05) is 32.0 Å². The van der Waals surface area contributed by atoms with Crippen LogP contribution in [0, 0.1) is 11.3 Å². The third-order valence-corrected chi connectivity index (χ3v) is 4.77. The second kappa shape index (κ2) is 7.54. The molecular weight excluding hydrogens is 333 g/mol. The topological polar surface area (TPSA) is 41.6 Å². The lowest BCUT2D eigenvalue weighted by Gasteiger charge is -2.44. The first-order chi connectivity index (χ1) is 11.6. The molecule has 0 spiro atoms. The minimum absolute atomic E-state index is 0.0591. The Morgan fingerprint density at radius 2 is 2.04 bits per heavy atom. The van der Waals surface area contributed by atoms with Gasteiger partial charge < -0.3 is 15.0 Å². The van der Waals surface area contributed by atoms with Gasteiger partial charge in [0.25, 0.3) is 0 Å². The quantitative estimate of drug-likeness (QED) is 0.888. The summed E-state index contributed by atoms with van der Waals surface area (Å²) in [6, 6.07) is 7.21. The molecule has 7 heteroatoms. The lowest BCUT2D eigenvalue weighted by atomic mass is 9.73. The molecule has 1 fully saturated rings. The summed E-state index contributed by atoms with van der Waals surface area (Å²) in [5.74, 6) is -0.624. The van der Waals surface area contributed by atoms with Crippen LogP contribution in [0.25, 0.3) is 0 Å². The van der Waals surface area contributed by atoms with Crippen LogP contribution in [0.15, 0.2) is 24.3 Å². The molecule has 1 aliphatic rings. The summed E-state index contributed by atoms with van der Waals surface area (Å²) in [5, 5.41) is 2.79. The number of carbonyl (C=O) groups is 1. The zero-order chi connectivity index (χ0) is 18.7. The van der Waals surface area contributed by atoms with Gasteiger partial charge in [-0.05, 0) is 29.9 Å². The number of rotatable bonds is 4. The van der Waals surface area contributed by atoms with Gasteiger partial charge in [-0.3, -0.25) is 0 Å². The maximum atomic E-state index is 13.1. The number of urea groups is 1. The van der Waals surface area contributed by atoms with Crippen molar-refractivity contribution in [2.24, 2.45) is 11.3 Å². The lowest BCUT2D eigenvalue weighted by molar-refractivity contribution is -0.214. The standard InChI is InChI=1S/C18H25F3N2O2/c1-17(2)12-23(11-9-15(17)18(19,20)21)16(24)22-10-8-13-6-4-5-7-14(13)25-3/h4-7,15H,8-12H2,1-3H3,(H,22,24)/t15-/m1/s1. The molecule has 1 N–H and O–H groups in total. The van der Waals surface area contributed by atoms with Crippen molar-refractivity contribution in [3.63, 3.8) is 0 Å². The summed E-state index contributed by atoms with van der Waals surface area (Å²) in [6.45, 7) is 3.75. The van der Waals surface area contributed by atoms with Gasteiger partial charge in [-0.2, -0.15) is 13.2 Å². The van der Waals surface area contributed by atoms with Crippen molar-refractivity contribution in [2.75, 3.05) is 26.7 Å². The van der Waals surface area contributed by atoms with E-state index in [2.05, 4.69) is 5.32 Å². The van der Waals surface area contributed by atoms with Crippen LogP contribution in [0.3, 0.4) is 0 Å². The number of ether oxygens (including phenoxy) is 1. The molecule has 1 heterocycles. The molecular formula is C18H25F3N2O2. The van der Waals surface area contributed by atoms with E-state index in [9.17, 15) is 18.0 Å². The smallest absolute Gasteiger partial charge is 0.392 e. The third-order valence-electron chi connectivity index (χ3n) is 4.77. The molecule has 0 bridgehead atoms. The van der Waals surface area contributed by atoms with Crippen LogP contribution in [-0.4, -0.2) is 43.9 Å². The number of nitrogens with zero attached hydrogens (tertiary/aromatic N) is 1. The van der Waals surface area contributed by atoms with E-state index in [0.29, 0.717) is 13.0 Å². The molecule has 0 aromatic heterocycles. The van der Waals surface area contributed by atoms with Gasteiger partial charge in [0, 0.05) is 19.6 Å². The summed E-state index contributed by atoms with van der Waals surface area (Å²) in [4.78, 5) is 13.8. The fourth-order valence-corrected chi connectivity index (χ4v) is 3.46. The number of nitrogens with one attached hydrogen (secondary N) is 1. The summed E-state index contributed by atoms with van der Waals surface area (Å²) < 4.78 is 44.5. The number of methoxy groups -OCH3 is 1. The van der Waals surface area contributed by atoms with Crippen molar-refractivity contribution in [1.82, 2.24) is 10.2 Å². The Morgan fingerprint density at radius 3 is 2.64 bits per heavy atom. The Labute approximate surface area is 146 Å². The maximum absolute atomic E-state index is 13.1. The Bertz CT molecular complexity index is 602. The summed E-state index contributed by atoms with van der Waals surface area (Å²) in [5.41, 5.74) is -0.0161. The van der Waals surface area contributed by atoms with E-state index in [0.717, 1.165) is 11.3 Å². The molecule has 0 radical (unpaired) electrons. The van der Waals surface area contributed by atoms with Crippen LogP contribution >= 0.6 is 0 Å². The van der Waals surface area contributed by atoms with Crippen LogP contribution in [0.1, 0.15) is 25.8 Å². The number of benzene rings is 1. The van der Waals surface area contributed by atoms with Crippen LogP contribution in [-0.2, 0) is 6.42 Å². The van der Waals surface area contributed by atoms with Crippen LogP contribution in [0.2, 0.25) is 0 Å². The third kappa shape index (κ3) is 4.80. The molecule has 0 saturated carbocycles. The van der Waals surface area contributed by atoms with E-state index >= 15 is 0 Å². The predicted molar refractivity (Wildman–Crippen MR) is 89.6 cm³/mol. The normalized spacial score (nSPS) is 20.2. The molecule has 0 unspecified atom stereocenters. The zero-order valence-electron chi connectivity index (χ0n) is 14.8. The number of piperidine rings is 1. The van der Waals surface area contributed by atoms with Gasteiger partial charge in [0.05, 0.1) is 13.0 Å². The number of alkyl halides is 3. The van der Waals surface area contributed by atoms with Gasteiger partial charge in [0.15, 0.2) is 0 Å². The molecule has 2 rings (SSSR count). The molecule has 1 saturated heterocycles. The van der Waals surface area contributed by atoms with E-state index in [1.807, 2.05) is 24.3 Å².